The number of para-hydroxylation sites is 1. The van der Waals surface area contributed by atoms with Gasteiger partial charge >= 0.3 is 0 Å². The average molecular weight is 382 g/mol. The van der Waals surface area contributed by atoms with Crippen LogP contribution in [0.1, 0.15) is 23.1 Å². The molecule has 5 nitrogen and oxygen atoms in total. The minimum atomic E-state index is -0.456. The number of amides is 2. The minimum Gasteiger partial charge on any atom is -0.326 e. The van der Waals surface area contributed by atoms with E-state index in [2.05, 4.69) is 5.32 Å². The number of aryl methyl sites for hydroxylation is 3. The Hall–Kier alpha value is -2.60. The Kier molecular flexibility index (Phi) is 5.65. The van der Waals surface area contributed by atoms with Gasteiger partial charge in [-0.2, -0.15) is 0 Å². The average Bonchev–Trinajstić information content (AvgIpc) is 2.86. The third-order valence-electron chi connectivity index (χ3n) is 4.46. The molecule has 1 atom stereocenters. The number of carbonyl (C=O) groups excluding carboxylic acids is 2. The molecular formula is C21H23N3O2S. The highest BCUT2D eigenvalue weighted by atomic mass is 32.2. The van der Waals surface area contributed by atoms with Crippen LogP contribution in [0.4, 0.5) is 11.4 Å². The van der Waals surface area contributed by atoms with Gasteiger partial charge in [0.2, 0.25) is 11.8 Å². The number of anilines is 1. The lowest BCUT2D eigenvalue weighted by molar-refractivity contribution is -0.127. The Labute approximate surface area is 163 Å². The monoisotopic (exact) mass is 381 g/mol. The van der Waals surface area contributed by atoms with Crippen molar-refractivity contribution in [2.45, 2.75) is 32.4 Å². The molecule has 1 fully saturated rings. The van der Waals surface area contributed by atoms with Gasteiger partial charge < -0.3 is 5.32 Å². The van der Waals surface area contributed by atoms with Gasteiger partial charge in [0.05, 0.1) is 5.69 Å². The number of amidine groups is 1. The van der Waals surface area contributed by atoms with E-state index < -0.39 is 5.25 Å². The summed E-state index contributed by atoms with van der Waals surface area (Å²) in [6.07, 6.45) is 0.119. The van der Waals surface area contributed by atoms with Gasteiger partial charge in [-0.15, -0.1) is 0 Å². The molecule has 2 amide bonds. The molecule has 0 radical (unpaired) electrons. The van der Waals surface area contributed by atoms with Crippen molar-refractivity contribution in [3.8, 4) is 0 Å². The lowest BCUT2D eigenvalue weighted by Gasteiger charge is -2.10. The first-order valence-electron chi connectivity index (χ1n) is 8.81. The van der Waals surface area contributed by atoms with Gasteiger partial charge in [-0.1, -0.05) is 42.1 Å². The summed E-state index contributed by atoms with van der Waals surface area (Å²) >= 11 is 1.35. The van der Waals surface area contributed by atoms with Crippen LogP contribution in [-0.2, 0) is 9.59 Å². The Morgan fingerprint density at radius 2 is 1.81 bits per heavy atom. The first-order valence-corrected chi connectivity index (χ1v) is 9.69. The van der Waals surface area contributed by atoms with Gasteiger partial charge in [0, 0.05) is 19.2 Å². The van der Waals surface area contributed by atoms with Crippen LogP contribution >= 0.6 is 11.8 Å². The summed E-state index contributed by atoms with van der Waals surface area (Å²) in [5.74, 6) is -0.266. The molecule has 0 saturated carbocycles. The van der Waals surface area contributed by atoms with Crippen molar-refractivity contribution >= 4 is 40.1 Å². The zero-order valence-electron chi connectivity index (χ0n) is 15.9. The number of hydrogen-bond donors (Lipinski definition) is 1. The zero-order valence-corrected chi connectivity index (χ0v) is 16.8. The van der Waals surface area contributed by atoms with Gasteiger partial charge in [0.25, 0.3) is 0 Å². The normalized spacial score (nSPS) is 18.2. The second kappa shape index (κ2) is 7.96. The van der Waals surface area contributed by atoms with Crippen LogP contribution in [-0.4, -0.2) is 34.2 Å². The number of nitrogens with one attached hydrogen (secondary N) is 1. The first kappa shape index (κ1) is 19.2. The van der Waals surface area contributed by atoms with Crippen LogP contribution < -0.4 is 5.32 Å². The highest BCUT2D eigenvalue weighted by Crippen LogP contribution is 2.32. The Morgan fingerprint density at radius 3 is 2.48 bits per heavy atom. The molecule has 1 aliphatic heterocycles. The SMILES string of the molecule is Cc1cccc(NC(=O)C[C@H]2SC(=Nc3c(C)cccc3C)N(C)C2=O)c1. The van der Waals surface area contributed by atoms with E-state index in [-0.39, 0.29) is 18.2 Å². The molecule has 2 aromatic rings. The smallest absolute Gasteiger partial charge is 0.242 e. The molecule has 0 aromatic heterocycles. The van der Waals surface area contributed by atoms with Gasteiger partial charge in [0.1, 0.15) is 5.25 Å². The highest BCUT2D eigenvalue weighted by Gasteiger charge is 2.37. The van der Waals surface area contributed by atoms with E-state index >= 15 is 0 Å². The van der Waals surface area contributed by atoms with E-state index in [4.69, 9.17) is 4.99 Å². The van der Waals surface area contributed by atoms with Crippen LogP contribution in [0.15, 0.2) is 47.5 Å². The third kappa shape index (κ3) is 4.39. The predicted octanol–water partition coefficient (Wildman–Crippen LogP) is 4.20. The molecule has 0 aliphatic carbocycles. The largest absolute Gasteiger partial charge is 0.326 e. The Balaban J connectivity index is 1.72. The molecule has 6 heteroatoms. The third-order valence-corrected chi connectivity index (χ3v) is 5.69. The molecule has 1 saturated heterocycles. The van der Waals surface area contributed by atoms with E-state index in [1.54, 1.807) is 11.9 Å². The van der Waals surface area contributed by atoms with Crippen LogP contribution in [0.2, 0.25) is 0 Å². The van der Waals surface area contributed by atoms with Crippen molar-refractivity contribution in [2.24, 2.45) is 4.99 Å². The molecule has 140 valence electrons. The number of nitrogens with zero attached hydrogens (tertiary/aromatic N) is 2. The molecule has 1 aliphatic rings. The lowest BCUT2D eigenvalue weighted by Crippen LogP contribution is -2.30. The second-order valence-corrected chi connectivity index (χ2v) is 7.93. The zero-order chi connectivity index (χ0) is 19.6. The topological polar surface area (TPSA) is 61.8 Å². The van der Waals surface area contributed by atoms with Gasteiger partial charge in [0.15, 0.2) is 5.17 Å². The van der Waals surface area contributed by atoms with Gasteiger partial charge in [-0.25, -0.2) is 4.99 Å². The van der Waals surface area contributed by atoms with Crippen LogP contribution in [0.3, 0.4) is 0 Å². The molecule has 0 bridgehead atoms. The summed E-state index contributed by atoms with van der Waals surface area (Å²) < 4.78 is 0. The fourth-order valence-electron chi connectivity index (χ4n) is 2.98. The molecule has 1 heterocycles. The fraction of sp³-hybridized carbons (Fsp3) is 0.286. The van der Waals surface area contributed by atoms with E-state index in [0.717, 1.165) is 28.1 Å². The standard InChI is InChI=1S/C21H23N3O2S/c1-13-7-5-10-16(11-13)22-18(25)12-17-20(26)24(4)21(27-17)23-19-14(2)8-6-9-15(19)3/h5-11,17H,12H2,1-4H3,(H,22,25)/t17-/m1/s1. The van der Waals surface area contributed by atoms with Crippen LogP contribution in [0.5, 0.6) is 0 Å². The van der Waals surface area contributed by atoms with Crippen molar-refractivity contribution in [1.82, 2.24) is 4.90 Å². The number of benzene rings is 2. The predicted molar refractivity (Wildman–Crippen MR) is 112 cm³/mol. The van der Waals surface area contributed by atoms with E-state index in [0.29, 0.717) is 5.17 Å². The van der Waals surface area contributed by atoms with Crippen molar-refractivity contribution in [1.29, 1.82) is 0 Å². The molecule has 2 aromatic carbocycles. The van der Waals surface area contributed by atoms with Crippen molar-refractivity contribution in [3.05, 3.63) is 59.2 Å². The number of carbonyl (C=O) groups is 2. The van der Waals surface area contributed by atoms with Crippen LogP contribution in [0, 0.1) is 20.8 Å². The Bertz CT molecular complexity index is 903. The number of hydrogen-bond acceptors (Lipinski definition) is 4. The fourth-order valence-corrected chi connectivity index (χ4v) is 4.12. The summed E-state index contributed by atoms with van der Waals surface area (Å²) in [5.41, 5.74) is 4.81. The van der Waals surface area contributed by atoms with E-state index in [1.807, 2.05) is 63.2 Å². The summed E-state index contributed by atoms with van der Waals surface area (Å²) in [7, 11) is 1.71. The molecule has 27 heavy (non-hydrogen) atoms. The molecule has 0 unspecified atom stereocenters. The summed E-state index contributed by atoms with van der Waals surface area (Å²) in [5, 5.41) is 3.04. The second-order valence-electron chi connectivity index (χ2n) is 6.76. The quantitative estimate of drug-likeness (QED) is 0.863. The van der Waals surface area contributed by atoms with Crippen molar-refractivity contribution in [3.63, 3.8) is 0 Å². The van der Waals surface area contributed by atoms with Gasteiger partial charge in [-0.05, 0) is 49.6 Å². The summed E-state index contributed by atoms with van der Waals surface area (Å²) in [4.78, 5) is 31.2. The maximum Gasteiger partial charge on any atom is 0.242 e. The van der Waals surface area contributed by atoms with Crippen molar-refractivity contribution in [2.75, 3.05) is 12.4 Å². The Morgan fingerprint density at radius 1 is 1.15 bits per heavy atom. The van der Waals surface area contributed by atoms with E-state index in [1.165, 1.54) is 11.8 Å². The highest BCUT2D eigenvalue weighted by molar-refractivity contribution is 8.15. The summed E-state index contributed by atoms with van der Waals surface area (Å²) in [6.45, 7) is 5.97. The van der Waals surface area contributed by atoms with Crippen LogP contribution in [0.25, 0.3) is 0 Å². The molecule has 0 spiro atoms. The molecular weight excluding hydrogens is 358 g/mol. The maximum atomic E-state index is 12.6. The maximum absolute atomic E-state index is 12.6. The first-order chi connectivity index (χ1) is 12.8. The van der Waals surface area contributed by atoms with Gasteiger partial charge in [-0.3, -0.25) is 14.5 Å². The van der Waals surface area contributed by atoms with E-state index in [9.17, 15) is 9.59 Å². The number of rotatable bonds is 4. The minimum absolute atomic E-state index is 0.0932. The van der Waals surface area contributed by atoms with Crippen molar-refractivity contribution < 1.29 is 9.59 Å². The summed E-state index contributed by atoms with van der Waals surface area (Å²) in [6, 6.07) is 13.6. The lowest BCUT2D eigenvalue weighted by atomic mass is 10.1. The number of aliphatic imine (C=N–C) groups is 1. The molecule has 3 rings (SSSR count). The number of thioether (sulfide) groups is 1. The molecule has 1 N–H and O–H groups in total.